The maximum absolute atomic E-state index is 14.3. The molecule has 2 aliphatic rings. The molecule has 1 atom stereocenters. The highest BCUT2D eigenvalue weighted by Crippen LogP contribution is 2.80. The Morgan fingerprint density at radius 2 is 1.67 bits per heavy atom. The van der Waals surface area contributed by atoms with Crippen molar-refractivity contribution in [2.45, 2.75) is 48.5 Å². The zero-order valence-electron chi connectivity index (χ0n) is 14.0. The first-order valence-electron chi connectivity index (χ1n) is 8.04. The Bertz CT molecular complexity index is 882. The summed E-state index contributed by atoms with van der Waals surface area (Å²) in [4.78, 5) is -0.925. The fraction of sp³-hybridized carbons (Fsp3) is 0.500. The van der Waals surface area contributed by atoms with Crippen LogP contribution in [0.3, 0.4) is 0 Å². The van der Waals surface area contributed by atoms with Gasteiger partial charge in [-0.2, -0.15) is 38.4 Å². The molecule has 0 amide bonds. The van der Waals surface area contributed by atoms with E-state index in [2.05, 4.69) is 3.63 Å². The Balaban J connectivity index is 2.28. The Morgan fingerprint density at radius 1 is 1.07 bits per heavy atom. The van der Waals surface area contributed by atoms with E-state index in [1.807, 2.05) is 0 Å². The van der Waals surface area contributed by atoms with Crippen LogP contribution in [0.4, 0.5) is 26.3 Å². The summed E-state index contributed by atoms with van der Waals surface area (Å²) in [6, 6.07) is 3.94. The normalized spacial score (nSPS) is 26.6. The van der Waals surface area contributed by atoms with Gasteiger partial charge in [-0.1, -0.05) is 25.0 Å². The smallest absolute Gasteiger partial charge is 0.196 e. The van der Waals surface area contributed by atoms with Gasteiger partial charge in [-0.05, 0) is 49.0 Å². The van der Waals surface area contributed by atoms with Crippen molar-refractivity contribution in [1.82, 2.24) is 0 Å². The minimum absolute atomic E-state index is 0.0483. The van der Waals surface area contributed by atoms with Crippen LogP contribution in [0.5, 0.6) is 0 Å². The van der Waals surface area contributed by atoms with Crippen molar-refractivity contribution in [2.75, 3.05) is 0 Å². The zero-order chi connectivity index (χ0) is 20.3. The summed E-state index contributed by atoms with van der Waals surface area (Å²) in [6.45, 7) is 1.48. The lowest BCUT2D eigenvalue weighted by atomic mass is 10.1. The maximum atomic E-state index is 14.3. The van der Waals surface area contributed by atoms with Gasteiger partial charge in [-0.25, -0.2) is 0 Å². The minimum atomic E-state index is -6.46. The second-order valence-corrected chi connectivity index (χ2v) is 10.9. The molecule has 0 radical (unpaired) electrons. The van der Waals surface area contributed by atoms with Gasteiger partial charge in [-0.15, -0.1) is 0 Å². The quantitative estimate of drug-likeness (QED) is 0.433. The van der Waals surface area contributed by atoms with Gasteiger partial charge >= 0.3 is 21.1 Å². The van der Waals surface area contributed by atoms with E-state index in [4.69, 9.17) is 0 Å². The number of alkyl halides is 6. The molecule has 27 heavy (non-hydrogen) atoms. The summed E-state index contributed by atoms with van der Waals surface area (Å²) in [5, 5.41) is 0. The third-order valence-corrected chi connectivity index (χ3v) is 9.51. The monoisotopic (exact) mass is 434 g/mol. The number of rotatable bonds is 3. The van der Waals surface area contributed by atoms with Gasteiger partial charge in [-0.3, -0.25) is 0 Å². The van der Waals surface area contributed by atoms with Gasteiger partial charge in [0.2, 0.25) is 0 Å². The highest BCUT2D eigenvalue weighted by atomic mass is 32.3. The number of hydrogen-bond donors (Lipinski definition) is 0. The van der Waals surface area contributed by atoms with Crippen LogP contribution >= 0.6 is 10.3 Å². The Hall–Kier alpha value is -1.20. The molecule has 1 aromatic rings. The number of halogens is 6. The van der Waals surface area contributed by atoms with Gasteiger partial charge in [0.05, 0.1) is 0 Å². The van der Waals surface area contributed by atoms with Gasteiger partial charge in [0, 0.05) is 20.1 Å². The molecular formula is C16H16F6O3S2. The van der Waals surface area contributed by atoms with Crippen molar-refractivity contribution < 1.29 is 38.4 Å². The van der Waals surface area contributed by atoms with Crippen LogP contribution in [0, 0.1) is 12.8 Å². The average molecular weight is 434 g/mol. The molecule has 0 bridgehead atoms. The molecule has 1 fully saturated rings. The summed E-state index contributed by atoms with van der Waals surface area (Å²) in [7, 11) is -11.3. The van der Waals surface area contributed by atoms with Gasteiger partial charge in [0.1, 0.15) is 0 Å². The number of hydrogen-bond acceptors (Lipinski definition) is 3. The molecule has 11 heteroatoms. The van der Waals surface area contributed by atoms with E-state index in [9.17, 15) is 34.8 Å². The summed E-state index contributed by atoms with van der Waals surface area (Å²) in [5.41, 5.74) is -10.9. The standard InChI is InChI=1S/C16H16F6O3S2/c1-10-6-7-12-9-14(11-4-2-3-5-11)26(13(12)8-10,15(17,18)19)25-27(23,24)16(20,21)22/h6-9,11H,2-5H2,1H3. The number of aryl methyl sites for hydroxylation is 1. The van der Waals surface area contributed by atoms with Crippen LogP contribution < -0.4 is 0 Å². The molecule has 1 unspecified atom stereocenters. The summed E-state index contributed by atoms with van der Waals surface area (Å²) < 4.78 is 109. The topological polar surface area (TPSA) is 43.4 Å². The second kappa shape index (κ2) is 6.41. The largest absolute Gasteiger partial charge is 0.523 e. The van der Waals surface area contributed by atoms with E-state index in [1.54, 1.807) is 0 Å². The molecule has 1 aliphatic carbocycles. The third-order valence-electron chi connectivity index (χ3n) is 4.67. The molecule has 1 aliphatic heterocycles. The molecular weight excluding hydrogens is 418 g/mol. The lowest BCUT2D eigenvalue weighted by Crippen LogP contribution is -2.33. The second-order valence-electron chi connectivity index (χ2n) is 6.54. The number of allylic oxidation sites excluding steroid dienone is 1. The lowest BCUT2D eigenvalue weighted by molar-refractivity contribution is -0.0547. The highest BCUT2D eigenvalue weighted by molar-refractivity contribution is 8.37. The number of fused-ring (bicyclic) bond motifs is 1. The van der Waals surface area contributed by atoms with E-state index in [0.717, 1.165) is 6.07 Å². The first kappa shape index (κ1) is 20.5. The maximum Gasteiger partial charge on any atom is 0.523 e. The average Bonchev–Trinajstić information content (AvgIpc) is 3.12. The molecule has 0 N–H and O–H groups in total. The van der Waals surface area contributed by atoms with E-state index < -0.39 is 42.3 Å². The summed E-state index contributed by atoms with van der Waals surface area (Å²) in [5.74, 6) is -0.669. The van der Waals surface area contributed by atoms with Gasteiger partial charge in [0.15, 0.2) is 0 Å². The highest BCUT2D eigenvalue weighted by Gasteiger charge is 2.65. The van der Waals surface area contributed by atoms with Crippen molar-refractivity contribution in [1.29, 1.82) is 0 Å². The first-order chi connectivity index (χ1) is 12.3. The van der Waals surface area contributed by atoms with Crippen LogP contribution in [0.2, 0.25) is 0 Å². The van der Waals surface area contributed by atoms with Gasteiger partial charge in [0.25, 0.3) is 0 Å². The lowest BCUT2D eigenvalue weighted by Gasteiger charge is -2.41. The summed E-state index contributed by atoms with van der Waals surface area (Å²) in [6.07, 6.45) is 3.10. The molecule has 3 rings (SSSR count). The Kier molecular flexibility index (Phi) is 4.88. The van der Waals surface area contributed by atoms with Crippen molar-refractivity contribution in [2.24, 2.45) is 5.92 Å². The van der Waals surface area contributed by atoms with Crippen LogP contribution in [0.15, 0.2) is 28.0 Å². The summed E-state index contributed by atoms with van der Waals surface area (Å²) >= 11 is 0. The van der Waals surface area contributed by atoms with Crippen LogP contribution in [-0.2, 0) is 13.7 Å². The Morgan fingerprint density at radius 3 is 2.19 bits per heavy atom. The van der Waals surface area contributed by atoms with E-state index >= 15 is 0 Å². The van der Waals surface area contributed by atoms with Crippen LogP contribution in [0.25, 0.3) is 6.08 Å². The van der Waals surface area contributed by atoms with Crippen molar-refractivity contribution in [3.8, 4) is 0 Å². The Labute approximate surface area is 154 Å². The van der Waals surface area contributed by atoms with E-state index in [-0.39, 0.29) is 10.5 Å². The van der Waals surface area contributed by atoms with Crippen molar-refractivity contribution >= 4 is 26.5 Å². The predicted molar refractivity (Wildman–Crippen MR) is 89.1 cm³/mol. The van der Waals surface area contributed by atoms with Crippen LogP contribution in [-0.4, -0.2) is 19.4 Å². The fourth-order valence-electron chi connectivity index (χ4n) is 3.48. The van der Waals surface area contributed by atoms with Crippen LogP contribution in [0.1, 0.15) is 36.8 Å². The SMILES string of the molecule is Cc1ccc2c(c1)S(OS(=O)(=O)C(F)(F)F)(C(F)(F)F)C(C1CCCC1)=C2. The molecule has 0 spiro atoms. The van der Waals surface area contributed by atoms with E-state index in [1.165, 1.54) is 25.1 Å². The van der Waals surface area contributed by atoms with Gasteiger partial charge < -0.3 is 0 Å². The molecule has 0 aromatic heterocycles. The molecule has 1 saturated carbocycles. The molecule has 152 valence electrons. The van der Waals surface area contributed by atoms with E-state index in [0.29, 0.717) is 31.2 Å². The zero-order valence-corrected chi connectivity index (χ0v) is 15.7. The minimum Gasteiger partial charge on any atom is -0.196 e. The fourth-order valence-corrected chi connectivity index (χ4v) is 8.36. The molecule has 0 saturated heterocycles. The predicted octanol–water partition coefficient (Wildman–Crippen LogP) is 6.00. The first-order valence-corrected chi connectivity index (χ1v) is 11.0. The third kappa shape index (κ3) is 3.27. The molecule has 1 aromatic carbocycles. The molecule has 1 heterocycles. The van der Waals surface area contributed by atoms with Crippen molar-refractivity contribution in [3.05, 3.63) is 34.2 Å². The molecule has 3 nitrogen and oxygen atoms in total. The van der Waals surface area contributed by atoms with Crippen molar-refractivity contribution in [3.63, 3.8) is 0 Å². The number of benzene rings is 1.